The Morgan fingerprint density at radius 2 is 1.81 bits per heavy atom. The van der Waals surface area contributed by atoms with E-state index in [0.29, 0.717) is 11.3 Å². The molecule has 2 aromatic carbocycles. The first-order chi connectivity index (χ1) is 12.6. The number of rotatable bonds is 6. The Bertz CT molecular complexity index is 909. The molecule has 0 bridgehead atoms. The highest BCUT2D eigenvalue weighted by atomic mass is 16.6. The molecule has 1 amide bonds. The summed E-state index contributed by atoms with van der Waals surface area (Å²) in [4.78, 5) is 26.8. The molecule has 1 heterocycles. The van der Waals surface area contributed by atoms with E-state index in [9.17, 15) is 14.9 Å². The number of non-ortho nitro benzene ring substituents is 1. The smallest absolute Gasteiger partial charge is 0.269 e. The lowest BCUT2D eigenvalue weighted by atomic mass is 10.1. The molecular weight excluding hydrogens is 330 g/mol. The highest BCUT2D eigenvalue weighted by molar-refractivity contribution is 6.04. The molecule has 0 aliphatic rings. The third-order valence-corrected chi connectivity index (χ3v) is 3.92. The zero-order chi connectivity index (χ0) is 18.4. The van der Waals surface area contributed by atoms with Gasteiger partial charge < -0.3 is 5.32 Å². The quantitative estimate of drug-likeness (QED) is 0.539. The molecule has 0 unspecified atom stereocenters. The van der Waals surface area contributed by atoms with Gasteiger partial charge in [-0.2, -0.15) is 0 Å². The third kappa shape index (κ3) is 4.51. The Morgan fingerprint density at radius 3 is 2.50 bits per heavy atom. The van der Waals surface area contributed by atoms with Gasteiger partial charge in [0, 0.05) is 35.3 Å². The summed E-state index contributed by atoms with van der Waals surface area (Å²) < 4.78 is 0. The second kappa shape index (κ2) is 8.02. The van der Waals surface area contributed by atoms with Gasteiger partial charge in [0.25, 0.3) is 11.6 Å². The monoisotopic (exact) mass is 347 g/mol. The molecule has 0 aliphatic heterocycles. The number of nitrogens with one attached hydrogen (secondary N) is 1. The lowest BCUT2D eigenvalue weighted by Crippen LogP contribution is -2.12. The van der Waals surface area contributed by atoms with E-state index in [1.54, 1.807) is 6.20 Å². The normalized spacial score (nSPS) is 10.3. The SMILES string of the molecule is O=C(Nc1cccc(CCc2ccccn2)c1)c1ccc([N+](=O)[O-])cc1. The molecule has 0 saturated heterocycles. The second-order valence-electron chi connectivity index (χ2n) is 5.78. The lowest BCUT2D eigenvalue weighted by Gasteiger charge is -2.08. The minimum atomic E-state index is -0.493. The van der Waals surface area contributed by atoms with E-state index in [1.165, 1.54) is 24.3 Å². The Labute approximate surface area is 150 Å². The molecule has 6 heteroatoms. The zero-order valence-corrected chi connectivity index (χ0v) is 14.0. The summed E-state index contributed by atoms with van der Waals surface area (Å²) in [6, 6.07) is 19.0. The number of carbonyl (C=O) groups is 1. The van der Waals surface area contributed by atoms with Crippen LogP contribution in [0.5, 0.6) is 0 Å². The van der Waals surface area contributed by atoms with Gasteiger partial charge in [-0.3, -0.25) is 19.9 Å². The molecule has 0 saturated carbocycles. The van der Waals surface area contributed by atoms with Crippen LogP contribution in [-0.4, -0.2) is 15.8 Å². The van der Waals surface area contributed by atoms with Crippen molar-refractivity contribution in [3.8, 4) is 0 Å². The number of hydrogen-bond acceptors (Lipinski definition) is 4. The topological polar surface area (TPSA) is 85.1 Å². The van der Waals surface area contributed by atoms with Gasteiger partial charge in [0.2, 0.25) is 0 Å². The van der Waals surface area contributed by atoms with Crippen molar-refractivity contribution in [3.63, 3.8) is 0 Å². The summed E-state index contributed by atoms with van der Waals surface area (Å²) in [5.41, 5.74) is 3.13. The standard InChI is InChI=1S/C20H17N3O3/c24-20(16-8-11-19(12-9-16)23(25)26)22-18-6-3-4-15(14-18)7-10-17-5-1-2-13-21-17/h1-6,8-9,11-14H,7,10H2,(H,22,24). The highest BCUT2D eigenvalue weighted by Gasteiger charge is 2.10. The first-order valence-electron chi connectivity index (χ1n) is 8.16. The number of anilines is 1. The average Bonchev–Trinajstić information content (AvgIpc) is 2.67. The average molecular weight is 347 g/mol. The van der Waals surface area contributed by atoms with Gasteiger partial charge in [0.05, 0.1) is 4.92 Å². The van der Waals surface area contributed by atoms with Crippen molar-refractivity contribution >= 4 is 17.3 Å². The number of carbonyl (C=O) groups excluding carboxylic acids is 1. The van der Waals surface area contributed by atoms with Gasteiger partial charge in [-0.05, 0) is 54.8 Å². The van der Waals surface area contributed by atoms with Crippen LogP contribution in [0.25, 0.3) is 0 Å². The van der Waals surface area contributed by atoms with Crippen LogP contribution in [0.1, 0.15) is 21.6 Å². The highest BCUT2D eigenvalue weighted by Crippen LogP contribution is 2.16. The summed E-state index contributed by atoms with van der Waals surface area (Å²) in [6.45, 7) is 0. The lowest BCUT2D eigenvalue weighted by molar-refractivity contribution is -0.384. The van der Waals surface area contributed by atoms with Crippen LogP contribution in [0.15, 0.2) is 72.9 Å². The van der Waals surface area contributed by atoms with Crippen molar-refractivity contribution in [1.82, 2.24) is 4.98 Å². The summed E-state index contributed by atoms with van der Waals surface area (Å²) in [7, 11) is 0. The predicted octanol–water partition coefficient (Wildman–Crippen LogP) is 4.03. The fourth-order valence-corrected chi connectivity index (χ4v) is 2.56. The maximum absolute atomic E-state index is 12.3. The van der Waals surface area contributed by atoms with E-state index in [-0.39, 0.29) is 11.6 Å². The predicted molar refractivity (Wildman–Crippen MR) is 99.1 cm³/mol. The van der Waals surface area contributed by atoms with Gasteiger partial charge in [-0.1, -0.05) is 18.2 Å². The summed E-state index contributed by atoms with van der Waals surface area (Å²) in [5, 5.41) is 13.5. The van der Waals surface area contributed by atoms with E-state index in [2.05, 4.69) is 10.3 Å². The Hall–Kier alpha value is -3.54. The molecule has 0 spiro atoms. The third-order valence-electron chi connectivity index (χ3n) is 3.92. The molecule has 1 aromatic heterocycles. The van der Waals surface area contributed by atoms with Crippen LogP contribution in [0, 0.1) is 10.1 Å². The van der Waals surface area contributed by atoms with Crippen molar-refractivity contribution in [2.75, 3.05) is 5.32 Å². The van der Waals surface area contributed by atoms with Gasteiger partial charge in [-0.15, -0.1) is 0 Å². The Kier molecular flexibility index (Phi) is 5.34. The molecule has 3 aromatic rings. The first kappa shape index (κ1) is 17.3. The van der Waals surface area contributed by atoms with E-state index < -0.39 is 4.92 Å². The van der Waals surface area contributed by atoms with Crippen molar-refractivity contribution in [2.24, 2.45) is 0 Å². The van der Waals surface area contributed by atoms with Gasteiger partial charge in [0.1, 0.15) is 0 Å². The number of nitro benzene ring substituents is 1. The molecule has 0 fully saturated rings. The van der Waals surface area contributed by atoms with Crippen molar-refractivity contribution in [2.45, 2.75) is 12.8 Å². The summed E-state index contributed by atoms with van der Waals surface area (Å²) in [6.07, 6.45) is 3.41. The number of aromatic nitrogens is 1. The molecule has 0 atom stereocenters. The van der Waals surface area contributed by atoms with Crippen LogP contribution in [0.2, 0.25) is 0 Å². The Balaban J connectivity index is 1.64. The number of nitrogens with zero attached hydrogens (tertiary/aromatic N) is 2. The van der Waals surface area contributed by atoms with Crippen molar-refractivity contribution in [1.29, 1.82) is 0 Å². The summed E-state index contributed by atoms with van der Waals surface area (Å²) >= 11 is 0. The maximum Gasteiger partial charge on any atom is 0.269 e. The molecule has 1 N–H and O–H groups in total. The van der Waals surface area contributed by atoms with Gasteiger partial charge in [-0.25, -0.2) is 0 Å². The maximum atomic E-state index is 12.3. The number of hydrogen-bond donors (Lipinski definition) is 1. The van der Waals surface area contributed by atoms with Crippen molar-refractivity contribution in [3.05, 3.63) is 99.9 Å². The fraction of sp³-hybridized carbons (Fsp3) is 0.100. The minimum absolute atomic E-state index is 0.0435. The van der Waals surface area contributed by atoms with Crippen molar-refractivity contribution < 1.29 is 9.72 Å². The van der Waals surface area contributed by atoms with Crippen LogP contribution >= 0.6 is 0 Å². The van der Waals surface area contributed by atoms with Crippen LogP contribution < -0.4 is 5.32 Å². The molecule has 6 nitrogen and oxygen atoms in total. The number of pyridine rings is 1. The molecule has 3 rings (SSSR count). The summed E-state index contributed by atoms with van der Waals surface area (Å²) in [5.74, 6) is -0.304. The van der Waals surface area contributed by atoms with E-state index in [4.69, 9.17) is 0 Å². The largest absolute Gasteiger partial charge is 0.322 e. The van der Waals surface area contributed by atoms with E-state index in [0.717, 1.165) is 24.1 Å². The first-order valence-corrected chi connectivity index (χ1v) is 8.16. The van der Waals surface area contributed by atoms with Crippen LogP contribution in [0.3, 0.4) is 0 Å². The molecular formula is C20H17N3O3. The molecule has 0 radical (unpaired) electrons. The van der Waals surface area contributed by atoms with Crippen LogP contribution in [0.4, 0.5) is 11.4 Å². The fourth-order valence-electron chi connectivity index (χ4n) is 2.56. The van der Waals surface area contributed by atoms with Crippen LogP contribution in [-0.2, 0) is 12.8 Å². The van der Waals surface area contributed by atoms with E-state index in [1.807, 2.05) is 42.5 Å². The molecule has 130 valence electrons. The molecule has 0 aliphatic carbocycles. The van der Waals surface area contributed by atoms with Gasteiger partial charge in [0.15, 0.2) is 0 Å². The Morgan fingerprint density at radius 1 is 1.00 bits per heavy atom. The number of amides is 1. The van der Waals surface area contributed by atoms with Gasteiger partial charge >= 0.3 is 0 Å². The second-order valence-corrected chi connectivity index (χ2v) is 5.78. The number of benzene rings is 2. The number of nitro groups is 1. The number of aryl methyl sites for hydroxylation is 2. The van der Waals surface area contributed by atoms with E-state index >= 15 is 0 Å². The molecule has 26 heavy (non-hydrogen) atoms. The minimum Gasteiger partial charge on any atom is -0.322 e. The zero-order valence-electron chi connectivity index (χ0n) is 14.0.